The summed E-state index contributed by atoms with van der Waals surface area (Å²) in [5.74, 6) is 0.284. The molecule has 4 nitrogen and oxygen atoms in total. The number of carbonyl (C=O) groups is 1. The molecule has 2 aromatic carbocycles. The minimum Gasteiger partial charge on any atom is -0.325 e. The van der Waals surface area contributed by atoms with Crippen LogP contribution in [0.1, 0.15) is 18.3 Å². The number of amides is 1. The second-order valence-electron chi connectivity index (χ2n) is 5.92. The Morgan fingerprint density at radius 2 is 1.74 bits per heavy atom. The normalized spacial score (nSPS) is 12.8. The van der Waals surface area contributed by atoms with Gasteiger partial charge in [-0.15, -0.1) is 0 Å². The zero-order valence-corrected chi connectivity index (χ0v) is 15.4. The monoisotopic (exact) mass is 391 g/mol. The van der Waals surface area contributed by atoms with E-state index in [0.29, 0.717) is 16.5 Å². The summed E-state index contributed by atoms with van der Waals surface area (Å²) in [6.07, 6.45) is -4.41. The van der Waals surface area contributed by atoms with Gasteiger partial charge in [0, 0.05) is 11.1 Å². The third-order valence-electron chi connectivity index (χ3n) is 3.82. The van der Waals surface area contributed by atoms with E-state index in [1.54, 1.807) is 13.8 Å². The predicted octanol–water partition coefficient (Wildman–Crippen LogP) is 5.08. The fraction of sp³-hybridized carbons (Fsp3) is 0.211. The van der Waals surface area contributed by atoms with Gasteiger partial charge >= 0.3 is 6.18 Å². The number of rotatable bonds is 4. The fourth-order valence-corrected chi connectivity index (χ4v) is 3.44. The minimum absolute atomic E-state index is 0.309. The summed E-state index contributed by atoms with van der Waals surface area (Å²) in [4.78, 5) is 21.2. The largest absolute Gasteiger partial charge is 0.416 e. The maximum Gasteiger partial charge on any atom is 0.416 e. The molecule has 140 valence electrons. The molecule has 1 aromatic heterocycles. The number of nitrogens with zero attached hydrogens (tertiary/aromatic N) is 2. The molecule has 0 unspecified atom stereocenters. The van der Waals surface area contributed by atoms with Gasteiger partial charge < -0.3 is 5.32 Å². The van der Waals surface area contributed by atoms with Crippen molar-refractivity contribution < 1.29 is 18.0 Å². The molecule has 3 aromatic rings. The van der Waals surface area contributed by atoms with Gasteiger partial charge in [-0.3, -0.25) is 4.79 Å². The molecule has 1 amide bonds. The van der Waals surface area contributed by atoms with Crippen molar-refractivity contribution in [2.24, 2.45) is 0 Å². The maximum atomic E-state index is 12.6. The van der Waals surface area contributed by atoms with Crippen molar-refractivity contribution >= 4 is 34.3 Å². The van der Waals surface area contributed by atoms with Gasteiger partial charge in [-0.05, 0) is 44.2 Å². The van der Waals surface area contributed by atoms with E-state index < -0.39 is 17.0 Å². The number of carbonyl (C=O) groups excluding carboxylic acids is 1. The number of fused-ring (bicyclic) bond motifs is 1. The van der Waals surface area contributed by atoms with E-state index in [2.05, 4.69) is 15.3 Å². The molecule has 0 aliphatic carbocycles. The van der Waals surface area contributed by atoms with Crippen molar-refractivity contribution in [2.45, 2.75) is 30.3 Å². The quantitative estimate of drug-likeness (QED) is 0.498. The Morgan fingerprint density at radius 1 is 1.07 bits per heavy atom. The van der Waals surface area contributed by atoms with Gasteiger partial charge in [-0.2, -0.15) is 13.2 Å². The van der Waals surface area contributed by atoms with Gasteiger partial charge in [0.05, 0.1) is 16.3 Å². The fourth-order valence-electron chi connectivity index (χ4n) is 2.46. The van der Waals surface area contributed by atoms with E-state index in [1.165, 1.54) is 23.9 Å². The van der Waals surface area contributed by atoms with Crippen LogP contribution in [-0.2, 0) is 11.0 Å². The van der Waals surface area contributed by atoms with E-state index in [1.807, 2.05) is 24.3 Å². The molecular formula is C19H16F3N3OS. The van der Waals surface area contributed by atoms with Crippen LogP contribution in [0.15, 0.2) is 53.6 Å². The molecule has 3 rings (SSSR count). The van der Waals surface area contributed by atoms with Crippen LogP contribution in [0.25, 0.3) is 10.9 Å². The summed E-state index contributed by atoms with van der Waals surface area (Å²) in [7, 11) is 0. The van der Waals surface area contributed by atoms with Crippen molar-refractivity contribution in [3.05, 3.63) is 59.9 Å². The highest BCUT2D eigenvalue weighted by atomic mass is 32.2. The van der Waals surface area contributed by atoms with E-state index in [4.69, 9.17) is 0 Å². The molecule has 8 heteroatoms. The number of anilines is 1. The minimum atomic E-state index is -4.41. The van der Waals surface area contributed by atoms with Crippen molar-refractivity contribution in [2.75, 3.05) is 5.32 Å². The Hall–Kier alpha value is -2.61. The Kier molecular flexibility index (Phi) is 5.36. The summed E-state index contributed by atoms with van der Waals surface area (Å²) >= 11 is 1.28. The van der Waals surface area contributed by atoms with Crippen molar-refractivity contribution in [1.82, 2.24) is 9.97 Å². The topological polar surface area (TPSA) is 54.9 Å². The average Bonchev–Trinajstić information content (AvgIpc) is 2.61. The number of nitrogens with one attached hydrogen (secondary N) is 1. The van der Waals surface area contributed by atoms with E-state index in [9.17, 15) is 18.0 Å². The third-order valence-corrected chi connectivity index (χ3v) is 4.92. The summed E-state index contributed by atoms with van der Waals surface area (Å²) in [6.45, 7) is 3.50. The van der Waals surface area contributed by atoms with Gasteiger partial charge in [-0.1, -0.05) is 30.0 Å². The molecule has 0 saturated heterocycles. The van der Waals surface area contributed by atoms with Gasteiger partial charge in [0.15, 0.2) is 0 Å². The van der Waals surface area contributed by atoms with Crippen LogP contribution < -0.4 is 5.32 Å². The first kappa shape index (κ1) is 19.2. The highest BCUT2D eigenvalue weighted by molar-refractivity contribution is 8.00. The van der Waals surface area contributed by atoms with Crippen molar-refractivity contribution in [3.63, 3.8) is 0 Å². The molecule has 0 fully saturated rings. The summed E-state index contributed by atoms with van der Waals surface area (Å²) in [5, 5.41) is 3.67. The third kappa shape index (κ3) is 4.57. The number of benzene rings is 2. The average molecular weight is 391 g/mol. The smallest absolute Gasteiger partial charge is 0.325 e. The zero-order valence-electron chi connectivity index (χ0n) is 14.5. The lowest BCUT2D eigenvalue weighted by molar-refractivity contribution is -0.137. The standard InChI is InChI=1S/C19H16F3N3OS/c1-11(17(26)25-14-9-7-13(8-10-14)19(20,21)22)27-18-15-5-3-4-6-16(15)23-12(2)24-18/h3-11H,1-2H3,(H,25,26)/t11-/m0/s1. The van der Waals surface area contributed by atoms with Crippen molar-refractivity contribution in [3.8, 4) is 0 Å². The number of hydrogen-bond acceptors (Lipinski definition) is 4. The van der Waals surface area contributed by atoms with Crippen LogP contribution in [0.3, 0.4) is 0 Å². The number of para-hydroxylation sites is 1. The highest BCUT2D eigenvalue weighted by Gasteiger charge is 2.30. The molecule has 0 radical (unpaired) electrons. The second kappa shape index (κ2) is 7.56. The molecule has 1 atom stereocenters. The molecule has 0 saturated carbocycles. The number of aromatic nitrogens is 2. The molecule has 1 N–H and O–H groups in total. The molecule has 0 spiro atoms. The van der Waals surface area contributed by atoms with E-state index in [0.717, 1.165) is 23.0 Å². The Labute approximate surface area is 158 Å². The maximum absolute atomic E-state index is 12.6. The van der Waals surface area contributed by atoms with Gasteiger partial charge in [-0.25, -0.2) is 9.97 Å². The molecule has 1 heterocycles. The van der Waals surface area contributed by atoms with Gasteiger partial charge in [0.2, 0.25) is 5.91 Å². The number of thioether (sulfide) groups is 1. The number of halogens is 3. The molecule has 27 heavy (non-hydrogen) atoms. The Morgan fingerprint density at radius 3 is 2.41 bits per heavy atom. The molecular weight excluding hydrogens is 375 g/mol. The van der Waals surface area contributed by atoms with Crippen LogP contribution >= 0.6 is 11.8 Å². The van der Waals surface area contributed by atoms with E-state index in [-0.39, 0.29) is 5.91 Å². The van der Waals surface area contributed by atoms with Crippen LogP contribution in [-0.4, -0.2) is 21.1 Å². The van der Waals surface area contributed by atoms with Crippen LogP contribution in [0, 0.1) is 6.92 Å². The van der Waals surface area contributed by atoms with Crippen LogP contribution in [0.5, 0.6) is 0 Å². The van der Waals surface area contributed by atoms with Crippen molar-refractivity contribution in [1.29, 1.82) is 0 Å². The molecule has 0 aliphatic heterocycles. The summed E-state index contributed by atoms with van der Waals surface area (Å²) < 4.78 is 37.8. The zero-order chi connectivity index (χ0) is 19.6. The second-order valence-corrected chi connectivity index (χ2v) is 7.25. The first-order chi connectivity index (χ1) is 12.7. The Balaban J connectivity index is 1.73. The highest BCUT2D eigenvalue weighted by Crippen LogP contribution is 2.31. The van der Waals surface area contributed by atoms with Gasteiger partial charge in [0.25, 0.3) is 0 Å². The lowest BCUT2D eigenvalue weighted by Gasteiger charge is -2.14. The SMILES string of the molecule is Cc1nc(S[C@@H](C)C(=O)Nc2ccc(C(F)(F)F)cc2)c2ccccc2n1. The lowest BCUT2D eigenvalue weighted by atomic mass is 10.2. The number of alkyl halides is 3. The van der Waals surface area contributed by atoms with Crippen LogP contribution in [0.4, 0.5) is 18.9 Å². The van der Waals surface area contributed by atoms with Crippen LogP contribution in [0.2, 0.25) is 0 Å². The first-order valence-corrected chi connectivity index (χ1v) is 9.00. The number of aryl methyl sites for hydroxylation is 1. The lowest BCUT2D eigenvalue weighted by Crippen LogP contribution is -2.22. The first-order valence-electron chi connectivity index (χ1n) is 8.12. The number of hydrogen-bond donors (Lipinski definition) is 1. The summed E-state index contributed by atoms with van der Waals surface area (Å²) in [6, 6.07) is 11.9. The molecule has 0 aliphatic rings. The van der Waals surface area contributed by atoms with Gasteiger partial charge in [0.1, 0.15) is 10.9 Å². The Bertz CT molecular complexity index is 974. The van der Waals surface area contributed by atoms with E-state index >= 15 is 0 Å². The molecule has 0 bridgehead atoms. The summed E-state index contributed by atoms with van der Waals surface area (Å²) in [5.41, 5.74) is 0.345. The predicted molar refractivity (Wildman–Crippen MR) is 99.7 cm³/mol.